The Morgan fingerprint density at radius 2 is 2.18 bits per heavy atom. The normalized spacial score (nSPS) is 27.9. The van der Waals surface area contributed by atoms with Crippen LogP contribution in [-0.4, -0.2) is 36.8 Å². The van der Waals surface area contributed by atoms with Gasteiger partial charge in [0, 0.05) is 30.7 Å². The van der Waals surface area contributed by atoms with Crippen molar-refractivity contribution in [2.24, 2.45) is 11.1 Å². The number of anilines is 1. The van der Waals surface area contributed by atoms with Crippen molar-refractivity contribution in [1.29, 1.82) is 0 Å². The molecule has 2 fully saturated rings. The van der Waals surface area contributed by atoms with E-state index in [1.54, 1.807) is 6.26 Å². The van der Waals surface area contributed by atoms with Crippen LogP contribution in [0.3, 0.4) is 0 Å². The van der Waals surface area contributed by atoms with E-state index in [0.29, 0.717) is 0 Å². The van der Waals surface area contributed by atoms with E-state index in [1.165, 1.54) is 0 Å². The smallest absolute Gasteiger partial charge is 0.153 e. The van der Waals surface area contributed by atoms with E-state index >= 15 is 0 Å². The van der Waals surface area contributed by atoms with Gasteiger partial charge in [0.1, 0.15) is 5.82 Å². The van der Waals surface area contributed by atoms with E-state index in [1.807, 2.05) is 12.3 Å². The molecule has 118 valence electrons. The standard InChI is InChI=1S/C16H20BrN3O2/c1-10-14(18)16(9-22-10)3-5-20(6-4-16)15-11-2-7-21-13(11)12(17)8-19-15/h2,7-8,10,14H,3-6,9,18H2,1H3. The van der Waals surface area contributed by atoms with Crippen LogP contribution < -0.4 is 10.6 Å². The zero-order valence-corrected chi connectivity index (χ0v) is 14.2. The summed E-state index contributed by atoms with van der Waals surface area (Å²) in [4.78, 5) is 6.95. The van der Waals surface area contributed by atoms with Gasteiger partial charge in [0.2, 0.25) is 0 Å². The minimum atomic E-state index is 0.140. The number of rotatable bonds is 1. The Balaban J connectivity index is 1.59. The molecule has 2 atom stereocenters. The van der Waals surface area contributed by atoms with Crippen molar-refractivity contribution in [2.75, 3.05) is 24.6 Å². The zero-order valence-electron chi connectivity index (χ0n) is 12.6. The first-order chi connectivity index (χ1) is 10.6. The molecule has 0 radical (unpaired) electrons. The Morgan fingerprint density at radius 3 is 2.86 bits per heavy atom. The largest absolute Gasteiger partial charge is 0.463 e. The number of nitrogens with two attached hydrogens (primary N) is 1. The molecule has 6 heteroatoms. The molecule has 2 unspecified atom stereocenters. The van der Waals surface area contributed by atoms with Crippen LogP contribution in [0.25, 0.3) is 11.0 Å². The third-order valence-corrected chi connectivity index (χ3v) is 5.89. The molecule has 22 heavy (non-hydrogen) atoms. The predicted molar refractivity (Wildman–Crippen MR) is 89.0 cm³/mol. The molecule has 4 rings (SSSR count). The first kappa shape index (κ1) is 14.5. The highest BCUT2D eigenvalue weighted by molar-refractivity contribution is 9.10. The van der Waals surface area contributed by atoms with Crippen LogP contribution in [-0.2, 0) is 4.74 Å². The zero-order chi connectivity index (χ0) is 15.3. The number of fused-ring (bicyclic) bond motifs is 1. The predicted octanol–water partition coefficient (Wildman–Crippen LogP) is 2.92. The van der Waals surface area contributed by atoms with Gasteiger partial charge < -0.3 is 19.8 Å². The summed E-state index contributed by atoms with van der Waals surface area (Å²) in [5.41, 5.74) is 7.39. The van der Waals surface area contributed by atoms with Gasteiger partial charge in [0.25, 0.3) is 0 Å². The molecule has 2 aromatic rings. The lowest BCUT2D eigenvalue weighted by Gasteiger charge is -2.41. The molecule has 2 aromatic heterocycles. The van der Waals surface area contributed by atoms with Crippen molar-refractivity contribution in [3.8, 4) is 0 Å². The van der Waals surface area contributed by atoms with E-state index < -0.39 is 0 Å². The Hall–Kier alpha value is -1.11. The van der Waals surface area contributed by atoms with Gasteiger partial charge >= 0.3 is 0 Å². The maximum atomic E-state index is 6.39. The second-order valence-corrected chi connectivity index (χ2v) is 7.34. The van der Waals surface area contributed by atoms with Gasteiger partial charge in [-0.05, 0) is 41.8 Å². The summed E-state index contributed by atoms with van der Waals surface area (Å²) in [6.07, 6.45) is 5.80. The highest BCUT2D eigenvalue weighted by Gasteiger charge is 2.47. The van der Waals surface area contributed by atoms with Crippen molar-refractivity contribution in [1.82, 2.24) is 4.98 Å². The van der Waals surface area contributed by atoms with Crippen molar-refractivity contribution < 1.29 is 9.15 Å². The molecular weight excluding hydrogens is 346 g/mol. The number of halogens is 1. The van der Waals surface area contributed by atoms with Gasteiger partial charge in [0.05, 0.1) is 28.8 Å². The van der Waals surface area contributed by atoms with Gasteiger partial charge in [-0.1, -0.05) is 0 Å². The molecule has 0 bridgehead atoms. The Labute approximate surface area is 137 Å². The molecule has 0 aliphatic carbocycles. The van der Waals surface area contributed by atoms with Gasteiger partial charge in [-0.2, -0.15) is 0 Å². The van der Waals surface area contributed by atoms with Crippen molar-refractivity contribution >= 4 is 32.7 Å². The van der Waals surface area contributed by atoms with Crippen LogP contribution in [0.5, 0.6) is 0 Å². The van der Waals surface area contributed by atoms with Gasteiger partial charge in [-0.25, -0.2) is 4.98 Å². The first-order valence-electron chi connectivity index (χ1n) is 7.75. The summed E-state index contributed by atoms with van der Waals surface area (Å²) in [7, 11) is 0. The average Bonchev–Trinajstić information content (AvgIpc) is 3.12. The number of ether oxygens (including phenoxy) is 1. The molecule has 0 aromatic carbocycles. The second kappa shape index (κ2) is 5.22. The quantitative estimate of drug-likeness (QED) is 0.841. The van der Waals surface area contributed by atoms with Gasteiger partial charge in [-0.3, -0.25) is 0 Å². The lowest BCUT2D eigenvalue weighted by Crippen LogP contribution is -2.50. The molecule has 1 spiro atoms. The lowest BCUT2D eigenvalue weighted by atomic mass is 9.73. The summed E-state index contributed by atoms with van der Waals surface area (Å²) in [5.74, 6) is 1.00. The lowest BCUT2D eigenvalue weighted by molar-refractivity contribution is 0.0974. The number of hydrogen-bond acceptors (Lipinski definition) is 5. The average molecular weight is 366 g/mol. The minimum Gasteiger partial charge on any atom is -0.463 e. The van der Waals surface area contributed by atoms with E-state index in [4.69, 9.17) is 14.9 Å². The van der Waals surface area contributed by atoms with E-state index in [2.05, 4.69) is 32.7 Å². The summed E-state index contributed by atoms with van der Waals surface area (Å²) in [5, 5.41) is 1.06. The SMILES string of the molecule is CC1OCC2(CCN(c3ncc(Br)c4occc34)CC2)C1N. The third kappa shape index (κ3) is 2.08. The Morgan fingerprint density at radius 1 is 1.41 bits per heavy atom. The molecule has 2 N–H and O–H groups in total. The fourth-order valence-electron chi connectivity index (χ4n) is 3.80. The van der Waals surface area contributed by atoms with Crippen LogP contribution in [0.2, 0.25) is 0 Å². The molecule has 2 aliphatic rings. The monoisotopic (exact) mass is 365 g/mol. The van der Waals surface area contributed by atoms with E-state index in [0.717, 1.165) is 53.8 Å². The van der Waals surface area contributed by atoms with E-state index in [9.17, 15) is 0 Å². The number of hydrogen-bond donors (Lipinski definition) is 1. The molecule has 0 saturated carbocycles. The number of aromatic nitrogens is 1. The molecule has 0 amide bonds. The van der Waals surface area contributed by atoms with Crippen LogP contribution in [0, 0.1) is 5.41 Å². The topological polar surface area (TPSA) is 64.5 Å². The Bertz CT molecular complexity index is 694. The second-order valence-electron chi connectivity index (χ2n) is 6.48. The maximum Gasteiger partial charge on any atom is 0.153 e. The molecule has 2 saturated heterocycles. The van der Waals surface area contributed by atoms with Crippen LogP contribution in [0.4, 0.5) is 5.82 Å². The highest BCUT2D eigenvalue weighted by atomic mass is 79.9. The molecule has 5 nitrogen and oxygen atoms in total. The number of pyridine rings is 1. The fourth-order valence-corrected chi connectivity index (χ4v) is 4.21. The third-order valence-electron chi connectivity index (χ3n) is 5.33. The summed E-state index contributed by atoms with van der Waals surface area (Å²) >= 11 is 3.49. The number of piperidine rings is 1. The number of nitrogens with zero attached hydrogens (tertiary/aromatic N) is 2. The molecule has 2 aliphatic heterocycles. The first-order valence-corrected chi connectivity index (χ1v) is 8.54. The van der Waals surface area contributed by atoms with Crippen LogP contribution in [0.15, 0.2) is 27.4 Å². The van der Waals surface area contributed by atoms with Crippen LogP contribution in [0.1, 0.15) is 19.8 Å². The fraction of sp³-hybridized carbons (Fsp3) is 0.562. The number of furan rings is 1. The van der Waals surface area contributed by atoms with Gasteiger partial charge in [-0.15, -0.1) is 0 Å². The summed E-state index contributed by atoms with van der Waals surface area (Å²) < 4.78 is 12.2. The summed E-state index contributed by atoms with van der Waals surface area (Å²) in [6, 6.07) is 2.13. The molecular formula is C16H20BrN3O2. The van der Waals surface area contributed by atoms with Crippen molar-refractivity contribution in [3.05, 3.63) is 23.0 Å². The minimum absolute atomic E-state index is 0.140. The maximum absolute atomic E-state index is 6.39. The summed E-state index contributed by atoms with van der Waals surface area (Å²) in [6.45, 7) is 4.78. The van der Waals surface area contributed by atoms with Gasteiger partial charge in [0.15, 0.2) is 5.58 Å². The molecule has 4 heterocycles. The highest BCUT2D eigenvalue weighted by Crippen LogP contribution is 2.42. The Kier molecular flexibility index (Phi) is 3.43. The van der Waals surface area contributed by atoms with Crippen molar-refractivity contribution in [2.45, 2.75) is 31.9 Å². The van der Waals surface area contributed by atoms with Crippen LogP contribution >= 0.6 is 15.9 Å². The van der Waals surface area contributed by atoms with Crippen molar-refractivity contribution in [3.63, 3.8) is 0 Å². The van der Waals surface area contributed by atoms with E-state index in [-0.39, 0.29) is 17.6 Å².